The molecule has 2 N–H and O–H groups in total. The van der Waals surface area contributed by atoms with Crippen LogP contribution < -0.4 is 5.32 Å². The van der Waals surface area contributed by atoms with Crippen molar-refractivity contribution in [3.63, 3.8) is 0 Å². The Hall–Kier alpha value is -0.610. The molecule has 4 heteroatoms. The van der Waals surface area contributed by atoms with Gasteiger partial charge in [0, 0.05) is 13.0 Å². The second-order valence-electron chi connectivity index (χ2n) is 4.90. The lowest BCUT2D eigenvalue weighted by molar-refractivity contribution is -0.122. The minimum absolute atomic E-state index is 0.0210. The van der Waals surface area contributed by atoms with E-state index < -0.39 is 0 Å². The Morgan fingerprint density at radius 3 is 2.50 bits per heavy atom. The molecule has 16 heavy (non-hydrogen) atoms. The van der Waals surface area contributed by atoms with Crippen molar-refractivity contribution < 1.29 is 9.90 Å². The average Bonchev–Trinajstić information content (AvgIpc) is 2.75. The van der Waals surface area contributed by atoms with Crippen LogP contribution in [0.2, 0.25) is 0 Å². The van der Waals surface area contributed by atoms with Gasteiger partial charge < -0.3 is 15.3 Å². The number of rotatable bonds is 6. The molecule has 0 unspecified atom stereocenters. The lowest BCUT2D eigenvalue weighted by Crippen LogP contribution is -2.42. The molecule has 0 aromatic carbocycles. The summed E-state index contributed by atoms with van der Waals surface area (Å²) < 4.78 is 0. The van der Waals surface area contributed by atoms with Gasteiger partial charge in [0.15, 0.2) is 0 Å². The zero-order valence-corrected chi connectivity index (χ0v) is 10.4. The second kappa shape index (κ2) is 6.86. The Labute approximate surface area is 98.0 Å². The number of carbonyl (C=O) groups is 1. The smallest absolute Gasteiger partial charge is 0.221 e. The van der Waals surface area contributed by atoms with Gasteiger partial charge in [0.1, 0.15) is 0 Å². The number of likely N-dealkylation sites (tertiary alicyclic amines) is 1. The Kier molecular flexibility index (Phi) is 5.77. The highest BCUT2D eigenvalue weighted by molar-refractivity contribution is 5.76. The normalized spacial score (nSPS) is 19.0. The molecular weight excluding hydrogens is 204 g/mol. The molecule has 0 spiro atoms. The molecule has 1 rings (SSSR count). The van der Waals surface area contributed by atoms with Gasteiger partial charge in [-0.15, -0.1) is 0 Å². The van der Waals surface area contributed by atoms with Crippen molar-refractivity contribution in [1.82, 2.24) is 10.2 Å². The molecule has 1 fully saturated rings. The summed E-state index contributed by atoms with van der Waals surface area (Å²) in [5.41, 5.74) is 0. The summed E-state index contributed by atoms with van der Waals surface area (Å²) in [4.78, 5) is 13.9. The molecule has 0 aliphatic carbocycles. The van der Waals surface area contributed by atoms with E-state index in [1.54, 1.807) is 0 Å². The largest absolute Gasteiger partial charge is 0.394 e. The molecule has 1 aliphatic heterocycles. The van der Waals surface area contributed by atoms with Gasteiger partial charge in [-0.3, -0.25) is 4.79 Å². The number of hydrogen-bond acceptors (Lipinski definition) is 3. The van der Waals surface area contributed by atoms with Gasteiger partial charge in [0.05, 0.1) is 12.6 Å². The van der Waals surface area contributed by atoms with Crippen molar-refractivity contribution in [3.8, 4) is 0 Å². The van der Waals surface area contributed by atoms with Gasteiger partial charge in [0.2, 0.25) is 5.91 Å². The van der Waals surface area contributed by atoms with Crippen molar-refractivity contribution in [3.05, 3.63) is 0 Å². The molecule has 0 aromatic rings. The maximum atomic E-state index is 11.6. The van der Waals surface area contributed by atoms with Gasteiger partial charge in [-0.2, -0.15) is 0 Å². The Balaban J connectivity index is 2.18. The van der Waals surface area contributed by atoms with Crippen LogP contribution in [-0.4, -0.2) is 48.2 Å². The third-order valence-corrected chi connectivity index (χ3v) is 3.20. The van der Waals surface area contributed by atoms with Gasteiger partial charge in [-0.25, -0.2) is 0 Å². The third-order valence-electron chi connectivity index (χ3n) is 3.20. The summed E-state index contributed by atoms with van der Waals surface area (Å²) >= 11 is 0. The Morgan fingerprint density at radius 2 is 2.00 bits per heavy atom. The van der Waals surface area contributed by atoms with Crippen molar-refractivity contribution in [1.29, 1.82) is 0 Å². The molecule has 1 aliphatic rings. The highest BCUT2D eigenvalue weighted by Crippen LogP contribution is 2.07. The summed E-state index contributed by atoms with van der Waals surface area (Å²) in [6, 6.07) is -0.105. The fourth-order valence-corrected chi connectivity index (χ4v) is 1.97. The first kappa shape index (κ1) is 13.5. The van der Waals surface area contributed by atoms with Crippen molar-refractivity contribution in [2.75, 3.05) is 26.2 Å². The van der Waals surface area contributed by atoms with Crippen LogP contribution in [0.4, 0.5) is 0 Å². The summed E-state index contributed by atoms with van der Waals surface area (Å²) in [5.74, 6) is 0.334. The molecule has 94 valence electrons. The first-order chi connectivity index (χ1) is 7.63. The molecule has 0 aromatic heterocycles. The molecule has 0 bridgehead atoms. The average molecular weight is 228 g/mol. The molecule has 1 atom stereocenters. The van der Waals surface area contributed by atoms with E-state index in [0.29, 0.717) is 6.42 Å². The van der Waals surface area contributed by atoms with Crippen LogP contribution in [0.3, 0.4) is 0 Å². The molecule has 1 heterocycles. The van der Waals surface area contributed by atoms with Gasteiger partial charge in [-0.1, -0.05) is 13.8 Å². The fraction of sp³-hybridized carbons (Fsp3) is 0.917. The summed E-state index contributed by atoms with van der Waals surface area (Å²) in [6.45, 7) is 7.13. The molecular formula is C12H24N2O2. The minimum atomic E-state index is -0.105. The zero-order valence-electron chi connectivity index (χ0n) is 10.4. The van der Waals surface area contributed by atoms with Crippen LogP contribution in [0.5, 0.6) is 0 Å². The van der Waals surface area contributed by atoms with Gasteiger partial charge in [0.25, 0.3) is 0 Å². The van der Waals surface area contributed by atoms with Crippen LogP contribution in [0.15, 0.2) is 0 Å². The number of nitrogens with zero attached hydrogens (tertiary/aromatic N) is 1. The van der Waals surface area contributed by atoms with Gasteiger partial charge >= 0.3 is 0 Å². The number of amides is 1. The van der Waals surface area contributed by atoms with E-state index in [2.05, 4.69) is 10.2 Å². The highest BCUT2D eigenvalue weighted by atomic mass is 16.3. The predicted molar refractivity (Wildman–Crippen MR) is 64.1 cm³/mol. The van der Waals surface area contributed by atoms with E-state index >= 15 is 0 Å². The number of carbonyl (C=O) groups excluding carboxylic acids is 1. The summed E-state index contributed by atoms with van der Waals surface area (Å²) in [5, 5.41) is 12.0. The number of nitrogens with one attached hydrogen (secondary N) is 1. The van der Waals surface area contributed by atoms with E-state index in [1.807, 2.05) is 13.8 Å². The highest BCUT2D eigenvalue weighted by Gasteiger charge is 2.16. The van der Waals surface area contributed by atoms with Gasteiger partial charge in [-0.05, 0) is 31.8 Å². The lowest BCUT2D eigenvalue weighted by atomic mass is 10.1. The Morgan fingerprint density at radius 1 is 1.38 bits per heavy atom. The van der Waals surface area contributed by atoms with E-state index in [4.69, 9.17) is 5.11 Å². The van der Waals surface area contributed by atoms with E-state index in [0.717, 1.165) is 19.6 Å². The van der Waals surface area contributed by atoms with Crippen LogP contribution in [0.1, 0.15) is 33.1 Å². The maximum Gasteiger partial charge on any atom is 0.221 e. The third kappa shape index (κ3) is 4.49. The lowest BCUT2D eigenvalue weighted by Gasteiger charge is -2.21. The Bertz CT molecular complexity index is 213. The van der Waals surface area contributed by atoms with Crippen molar-refractivity contribution >= 4 is 5.91 Å². The van der Waals surface area contributed by atoms with E-state index in [9.17, 15) is 4.79 Å². The van der Waals surface area contributed by atoms with Crippen molar-refractivity contribution in [2.24, 2.45) is 5.92 Å². The number of aliphatic hydroxyl groups is 1. The number of hydrogen-bond donors (Lipinski definition) is 2. The summed E-state index contributed by atoms with van der Waals surface area (Å²) in [7, 11) is 0. The second-order valence-corrected chi connectivity index (χ2v) is 4.90. The van der Waals surface area contributed by atoms with Crippen LogP contribution >= 0.6 is 0 Å². The molecule has 1 saturated heterocycles. The fourth-order valence-electron chi connectivity index (χ4n) is 1.97. The topological polar surface area (TPSA) is 52.6 Å². The van der Waals surface area contributed by atoms with Crippen LogP contribution in [0.25, 0.3) is 0 Å². The SMILES string of the molecule is CC(C)[C@@H](CO)NC(=O)CCN1CCCC1. The standard InChI is InChI=1S/C12H24N2O2/c1-10(2)11(9-15)13-12(16)5-8-14-6-3-4-7-14/h10-11,15H,3-9H2,1-2H3,(H,13,16)/t11-/m1/s1. The first-order valence-electron chi connectivity index (χ1n) is 6.26. The zero-order chi connectivity index (χ0) is 12.0. The predicted octanol–water partition coefficient (Wildman–Crippen LogP) is 0.605. The maximum absolute atomic E-state index is 11.6. The quantitative estimate of drug-likeness (QED) is 0.700. The van der Waals surface area contributed by atoms with E-state index in [-0.39, 0.29) is 24.5 Å². The molecule has 0 radical (unpaired) electrons. The van der Waals surface area contributed by atoms with E-state index in [1.165, 1.54) is 12.8 Å². The monoisotopic (exact) mass is 228 g/mol. The minimum Gasteiger partial charge on any atom is -0.394 e. The molecule has 4 nitrogen and oxygen atoms in total. The van der Waals surface area contributed by atoms with Crippen LogP contribution in [0, 0.1) is 5.92 Å². The molecule has 0 saturated carbocycles. The van der Waals surface area contributed by atoms with Crippen molar-refractivity contribution in [2.45, 2.75) is 39.2 Å². The number of aliphatic hydroxyl groups excluding tert-OH is 1. The molecule has 1 amide bonds. The summed E-state index contributed by atoms with van der Waals surface area (Å²) in [6.07, 6.45) is 3.06. The first-order valence-corrected chi connectivity index (χ1v) is 6.26. The van der Waals surface area contributed by atoms with Crippen LogP contribution in [-0.2, 0) is 4.79 Å².